The number of rotatable bonds is 6. The average Bonchev–Trinajstić information content (AvgIpc) is 2.79. The van der Waals surface area contributed by atoms with E-state index in [1.165, 1.54) is 0 Å². The molecule has 0 bridgehead atoms. The van der Waals surface area contributed by atoms with Crippen LogP contribution in [0.25, 0.3) is 0 Å². The first-order valence-corrected chi connectivity index (χ1v) is 7.50. The maximum atomic E-state index is 11.7. The van der Waals surface area contributed by atoms with Gasteiger partial charge in [-0.15, -0.1) is 11.3 Å². The summed E-state index contributed by atoms with van der Waals surface area (Å²) >= 11 is 3.35. The topological polar surface area (TPSA) is 55.1 Å². The highest BCUT2D eigenvalue weighted by Crippen LogP contribution is 2.18. The van der Waals surface area contributed by atoms with Crippen molar-refractivity contribution in [3.05, 3.63) is 22.4 Å². The fourth-order valence-corrected chi connectivity index (χ4v) is 2.53. The molecule has 0 radical (unpaired) electrons. The lowest BCUT2D eigenvalue weighted by molar-refractivity contribution is -0.123. The first kappa shape index (κ1) is 13.5. The third-order valence-electron chi connectivity index (χ3n) is 2.30. The summed E-state index contributed by atoms with van der Waals surface area (Å²) in [4.78, 5) is 12.9. The predicted octanol–water partition coefficient (Wildman–Crippen LogP) is 2.01. The third-order valence-corrected chi connectivity index (χ3v) is 4.00. The molecule has 0 aliphatic heterocycles. The number of carbonyl (C=O) groups excluding carboxylic acids is 1. The molecule has 0 aliphatic carbocycles. The Labute approximate surface area is 105 Å². The molecule has 1 amide bonds. The predicted molar refractivity (Wildman–Crippen MR) is 71.9 cm³/mol. The van der Waals surface area contributed by atoms with E-state index < -0.39 is 6.04 Å². The number of hydrogen-bond donors (Lipinski definition) is 2. The molecule has 1 heterocycles. The summed E-state index contributed by atoms with van der Waals surface area (Å²) in [5, 5.41) is 4.93. The van der Waals surface area contributed by atoms with Gasteiger partial charge in [0.15, 0.2) is 0 Å². The van der Waals surface area contributed by atoms with Crippen LogP contribution in [0.2, 0.25) is 0 Å². The monoisotopic (exact) mass is 258 g/mol. The largest absolute Gasteiger partial charge is 0.347 e. The van der Waals surface area contributed by atoms with Crippen LogP contribution < -0.4 is 11.1 Å². The SMILES string of the molecule is CSCC[C@H](N)C(=O)NC(C)c1cccs1. The van der Waals surface area contributed by atoms with Crippen LogP contribution in [-0.2, 0) is 4.79 Å². The molecular formula is C11H18N2OS2. The molecule has 0 spiro atoms. The van der Waals surface area contributed by atoms with Crippen LogP contribution in [0.5, 0.6) is 0 Å². The van der Waals surface area contributed by atoms with Gasteiger partial charge in [0.2, 0.25) is 5.91 Å². The number of carbonyl (C=O) groups is 1. The molecule has 1 unspecified atom stereocenters. The maximum Gasteiger partial charge on any atom is 0.237 e. The lowest BCUT2D eigenvalue weighted by atomic mass is 10.2. The number of nitrogens with two attached hydrogens (primary N) is 1. The molecule has 1 aromatic rings. The Balaban J connectivity index is 2.39. The van der Waals surface area contributed by atoms with Crippen molar-refractivity contribution in [1.29, 1.82) is 0 Å². The molecule has 90 valence electrons. The second-order valence-corrected chi connectivity index (χ2v) is 5.60. The zero-order chi connectivity index (χ0) is 12.0. The molecule has 5 heteroatoms. The van der Waals surface area contributed by atoms with E-state index in [1.807, 2.05) is 30.7 Å². The minimum Gasteiger partial charge on any atom is -0.347 e. The third kappa shape index (κ3) is 4.15. The van der Waals surface area contributed by atoms with Gasteiger partial charge in [-0.05, 0) is 36.8 Å². The zero-order valence-electron chi connectivity index (χ0n) is 9.60. The van der Waals surface area contributed by atoms with Gasteiger partial charge < -0.3 is 11.1 Å². The van der Waals surface area contributed by atoms with E-state index in [1.54, 1.807) is 23.1 Å². The molecule has 0 saturated carbocycles. The highest BCUT2D eigenvalue weighted by molar-refractivity contribution is 7.98. The molecule has 16 heavy (non-hydrogen) atoms. The van der Waals surface area contributed by atoms with Crippen LogP contribution in [-0.4, -0.2) is 24.0 Å². The van der Waals surface area contributed by atoms with Gasteiger partial charge in [-0.2, -0.15) is 11.8 Å². The van der Waals surface area contributed by atoms with Crippen LogP contribution in [0, 0.1) is 0 Å². The summed E-state index contributed by atoms with van der Waals surface area (Å²) in [5.74, 6) is 0.858. The number of amides is 1. The van der Waals surface area contributed by atoms with Crippen molar-refractivity contribution >= 4 is 29.0 Å². The quantitative estimate of drug-likeness (QED) is 0.820. The summed E-state index contributed by atoms with van der Waals surface area (Å²) in [6.45, 7) is 1.98. The van der Waals surface area contributed by atoms with E-state index >= 15 is 0 Å². The molecular weight excluding hydrogens is 240 g/mol. The van der Waals surface area contributed by atoms with Crippen LogP contribution in [0.3, 0.4) is 0 Å². The fourth-order valence-electron chi connectivity index (χ4n) is 1.31. The van der Waals surface area contributed by atoms with Crippen molar-refractivity contribution in [3.8, 4) is 0 Å². The van der Waals surface area contributed by atoms with Crippen molar-refractivity contribution in [2.24, 2.45) is 5.73 Å². The van der Waals surface area contributed by atoms with E-state index in [9.17, 15) is 4.79 Å². The van der Waals surface area contributed by atoms with Gasteiger partial charge >= 0.3 is 0 Å². The van der Waals surface area contributed by atoms with Crippen molar-refractivity contribution in [3.63, 3.8) is 0 Å². The standard InChI is InChI=1S/C11H18N2OS2/c1-8(10-4-3-6-16-10)13-11(14)9(12)5-7-15-2/h3-4,6,8-9H,5,7,12H2,1-2H3,(H,13,14)/t8?,9-/m0/s1. The first-order valence-electron chi connectivity index (χ1n) is 5.23. The van der Waals surface area contributed by atoms with Crippen LogP contribution >= 0.6 is 23.1 Å². The molecule has 3 nitrogen and oxygen atoms in total. The summed E-state index contributed by atoms with van der Waals surface area (Å²) in [6.07, 6.45) is 2.74. The molecule has 0 fully saturated rings. The lowest BCUT2D eigenvalue weighted by Gasteiger charge is -2.16. The fraction of sp³-hybridized carbons (Fsp3) is 0.545. The molecule has 0 aliphatic rings. The van der Waals surface area contributed by atoms with Gasteiger partial charge in [-0.25, -0.2) is 0 Å². The van der Waals surface area contributed by atoms with E-state index in [4.69, 9.17) is 5.73 Å². The van der Waals surface area contributed by atoms with Gasteiger partial charge in [0.25, 0.3) is 0 Å². The van der Waals surface area contributed by atoms with Gasteiger partial charge in [0.1, 0.15) is 0 Å². The summed E-state index contributed by atoms with van der Waals surface area (Å²) in [7, 11) is 0. The molecule has 2 atom stereocenters. The zero-order valence-corrected chi connectivity index (χ0v) is 11.2. The highest BCUT2D eigenvalue weighted by atomic mass is 32.2. The minimum absolute atomic E-state index is 0.0489. The van der Waals surface area contributed by atoms with Crippen molar-refractivity contribution in [1.82, 2.24) is 5.32 Å². The second-order valence-electron chi connectivity index (χ2n) is 3.63. The van der Waals surface area contributed by atoms with Crippen molar-refractivity contribution < 1.29 is 4.79 Å². The first-order chi connectivity index (χ1) is 7.65. The Hall–Kier alpha value is -0.520. The van der Waals surface area contributed by atoms with Crippen molar-refractivity contribution in [2.45, 2.75) is 25.4 Å². The number of hydrogen-bond acceptors (Lipinski definition) is 4. The van der Waals surface area contributed by atoms with E-state index in [0.29, 0.717) is 0 Å². The number of thioether (sulfide) groups is 1. The van der Waals surface area contributed by atoms with Crippen LogP contribution in [0.4, 0.5) is 0 Å². The molecule has 1 rings (SSSR count). The van der Waals surface area contributed by atoms with Gasteiger partial charge in [0.05, 0.1) is 12.1 Å². The summed E-state index contributed by atoms with van der Waals surface area (Å²) < 4.78 is 0. The Morgan fingerprint density at radius 1 is 1.69 bits per heavy atom. The molecule has 1 aromatic heterocycles. The highest BCUT2D eigenvalue weighted by Gasteiger charge is 2.16. The molecule has 0 aromatic carbocycles. The molecule has 0 saturated heterocycles. The average molecular weight is 258 g/mol. The normalized spacial score (nSPS) is 14.4. The van der Waals surface area contributed by atoms with Crippen LogP contribution in [0.15, 0.2) is 17.5 Å². The maximum absolute atomic E-state index is 11.7. The minimum atomic E-state index is -0.394. The molecule has 3 N–H and O–H groups in total. The van der Waals surface area contributed by atoms with Crippen molar-refractivity contribution in [2.75, 3.05) is 12.0 Å². The Morgan fingerprint density at radius 3 is 3.00 bits per heavy atom. The Morgan fingerprint density at radius 2 is 2.44 bits per heavy atom. The van der Waals surface area contributed by atoms with Gasteiger partial charge in [0, 0.05) is 4.88 Å². The number of nitrogens with one attached hydrogen (secondary N) is 1. The second kappa shape index (κ2) is 6.93. The Kier molecular flexibility index (Phi) is 5.87. The summed E-state index contributed by atoms with van der Waals surface area (Å²) in [6, 6.07) is 3.65. The van der Waals surface area contributed by atoms with E-state index in [-0.39, 0.29) is 11.9 Å². The van der Waals surface area contributed by atoms with Gasteiger partial charge in [-0.3, -0.25) is 4.79 Å². The Bertz CT molecular complexity index is 314. The summed E-state index contributed by atoms with van der Waals surface area (Å²) in [5.41, 5.74) is 5.78. The number of thiophene rings is 1. The van der Waals surface area contributed by atoms with Crippen LogP contribution in [0.1, 0.15) is 24.3 Å². The van der Waals surface area contributed by atoms with Gasteiger partial charge in [-0.1, -0.05) is 6.07 Å². The van der Waals surface area contributed by atoms with E-state index in [0.717, 1.165) is 17.1 Å². The van der Waals surface area contributed by atoms with E-state index in [2.05, 4.69) is 5.32 Å². The lowest BCUT2D eigenvalue weighted by Crippen LogP contribution is -2.41. The smallest absolute Gasteiger partial charge is 0.237 e.